The number of phenolic OH excluding ortho intramolecular Hbond substituents is 2. The summed E-state index contributed by atoms with van der Waals surface area (Å²) >= 11 is 0. The molecular formula is C34H28O17. The molecule has 3 aromatic rings. The van der Waals surface area contributed by atoms with Gasteiger partial charge in [0.2, 0.25) is 0 Å². The number of hydrogen-bond acceptors (Lipinski definition) is 14. The van der Waals surface area contributed by atoms with Crippen LogP contribution in [0.2, 0.25) is 0 Å². The maximum atomic E-state index is 13.4. The van der Waals surface area contributed by atoms with Crippen molar-refractivity contribution in [3.63, 3.8) is 0 Å². The molecule has 0 amide bonds. The fourth-order valence-electron chi connectivity index (χ4n) is 5.18. The number of hydrogen-bond donors (Lipinski definition) is 7. The molecule has 4 unspecified atom stereocenters. The Balaban J connectivity index is 1.62. The number of methoxy groups -OCH3 is 1. The van der Waals surface area contributed by atoms with Crippen molar-refractivity contribution in [3.8, 4) is 11.5 Å². The van der Waals surface area contributed by atoms with Gasteiger partial charge in [-0.3, -0.25) is 4.79 Å². The first kappa shape index (κ1) is 37.2. The first-order valence-corrected chi connectivity index (χ1v) is 14.6. The SMILES string of the molecule is COC(=O)c1cc(C(=O)c2ccc(C(=O)O)c(C(=O)OC3CC(O)(C(=O)O)CC(OC(=O)/C=C/c4ccc(O)c(O)c4)C3O)c2)ccc1C(=O)O. The van der Waals surface area contributed by atoms with E-state index in [1.165, 1.54) is 6.07 Å². The Morgan fingerprint density at radius 3 is 1.73 bits per heavy atom. The highest BCUT2D eigenvalue weighted by Gasteiger charge is 2.52. The van der Waals surface area contributed by atoms with Crippen LogP contribution in [0.5, 0.6) is 11.5 Å². The van der Waals surface area contributed by atoms with Crippen molar-refractivity contribution in [2.24, 2.45) is 0 Å². The molecular weight excluding hydrogens is 680 g/mol. The zero-order valence-electron chi connectivity index (χ0n) is 26.2. The van der Waals surface area contributed by atoms with E-state index in [4.69, 9.17) is 9.47 Å². The second-order valence-electron chi connectivity index (χ2n) is 11.2. The predicted octanol–water partition coefficient (Wildman–Crippen LogP) is 1.63. The number of aliphatic carboxylic acids is 1. The number of phenols is 2. The molecule has 3 aromatic carbocycles. The highest BCUT2D eigenvalue weighted by atomic mass is 16.6. The van der Waals surface area contributed by atoms with Crippen molar-refractivity contribution >= 4 is 47.7 Å². The monoisotopic (exact) mass is 708 g/mol. The summed E-state index contributed by atoms with van der Waals surface area (Å²) in [5.74, 6) is -10.5. The van der Waals surface area contributed by atoms with E-state index in [0.29, 0.717) is 0 Å². The van der Waals surface area contributed by atoms with Gasteiger partial charge in [-0.15, -0.1) is 0 Å². The standard InChI is InChI=1S/C34H28O17/c1-49-31(44)20-11-16(4-6-18(20)29(40)41)27(38)17-5-7-19(30(42)43)21(12-17)32(45)51-25-14-34(48,33(46)47)13-24(28(25)39)50-26(37)9-3-15-2-8-22(35)23(36)10-15/h2-12,24-25,28,35-36,39,48H,13-14H2,1H3,(H,40,41)(H,42,43)(H,46,47)/b9-3+. The molecule has 0 aliphatic heterocycles. The first-order chi connectivity index (χ1) is 23.9. The molecule has 17 heteroatoms. The molecule has 4 atom stereocenters. The number of carbonyl (C=O) groups is 7. The molecule has 17 nitrogen and oxygen atoms in total. The van der Waals surface area contributed by atoms with Crippen molar-refractivity contribution in [2.45, 2.75) is 36.8 Å². The average molecular weight is 709 g/mol. The zero-order valence-corrected chi connectivity index (χ0v) is 26.2. The largest absolute Gasteiger partial charge is 0.504 e. The van der Waals surface area contributed by atoms with Crippen molar-refractivity contribution in [2.75, 3.05) is 7.11 Å². The van der Waals surface area contributed by atoms with Gasteiger partial charge in [-0.25, -0.2) is 28.8 Å². The number of carboxylic acid groups (broad SMARTS) is 3. The van der Waals surface area contributed by atoms with Crippen molar-refractivity contribution in [1.82, 2.24) is 0 Å². The summed E-state index contributed by atoms with van der Waals surface area (Å²) in [6.45, 7) is 0. The van der Waals surface area contributed by atoms with Gasteiger partial charge in [0.1, 0.15) is 18.3 Å². The van der Waals surface area contributed by atoms with Crippen LogP contribution < -0.4 is 0 Å². The summed E-state index contributed by atoms with van der Waals surface area (Å²) in [6.07, 6.45) is -5.45. The van der Waals surface area contributed by atoms with Gasteiger partial charge in [0, 0.05) is 30.0 Å². The van der Waals surface area contributed by atoms with E-state index >= 15 is 0 Å². The summed E-state index contributed by atoms with van der Waals surface area (Å²) in [4.78, 5) is 87.0. The summed E-state index contributed by atoms with van der Waals surface area (Å²) in [7, 11) is 0.988. The number of aliphatic hydroxyl groups excluding tert-OH is 1. The molecule has 1 saturated carbocycles. The van der Waals surface area contributed by atoms with Crippen LogP contribution in [-0.2, 0) is 23.8 Å². The number of carboxylic acids is 3. The van der Waals surface area contributed by atoms with Gasteiger partial charge in [-0.1, -0.05) is 18.2 Å². The highest BCUT2D eigenvalue weighted by molar-refractivity contribution is 6.13. The van der Waals surface area contributed by atoms with Crippen LogP contribution in [0, 0.1) is 0 Å². The average Bonchev–Trinajstić information content (AvgIpc) is 3.09. The number of benzene rings is 3. The number of aliphatic hydroxyl groups is 2. The summed E-state index contributed by atoms with van der Waals surface area (Å²) in [5, 5.41) is 69.6. The molecule has 0 aromatic heterocycles. The van der Waals surface area contributed by atoms with E-state index in [2.05, 4.69) is 4.74 Å². The summed E-state index contributed by atoms with van der Waals surface area (Å²) in [5.41, 5.74) is -5.47. The van der Waals surface area contributed by atoms with Gasteiger partial charge in [0.05, 0.1) is 29.4 Å². The quantitative estimate of drug-likeness (QED) is 0.0490. The maximum absolute atomic E-state index is 13.4. The third kappa shape index (κ3) is 8.18. The minimum absolute atomic E-state index is 0.233. The Morgan fingerprint density at radius 2 is 1.24 bits per heavy atom. The Morgan fingerprint density at radius 1 is 0.706 bits per heavy atom. The molecule has 0 heterocycles. The number of rotatable bonds is 11. The van der Waals surface area contributed by atoms with E-state index in [-0.39, 0.29) is 16.7 Å². The minimum atomic E-state index is -2.71. The van der Waals surface area contributed by atoms with E-state index in [1.54, 1.807) is 0 Å². The number of esters is 3. The number of ether oxygens (including phenoxy) is 3. The second kappa shape index (κ2) is 14.9. The zero-order chi connectivity index (χ0) is 37.8. The second-order valence-corrected chi connectivity index (χ2v) is 11.2. The van der Waals surface area contributed by atoms with Crippen molar-refractivity contribution in [1.29, 1.82) is 0 Å². The Hall–Kier alpha value is -6.59. The van der Waals surface area contributed by atoms with Crippen LogP contribution in [0.1, 0.15) is 75.8 Å². The van der Waals surface area contributed by atoms with Gasteiger partial charge < -0.3 is 50.0 Å². The molecule has 0 bridgehead atoms. The summed E-state index contributed by atoms with van der Waals surface area (Å²) in [6, 6.07) is 9.23. The molecule has 51 heavy (non-hydrogen) atoms. The molecule has 4 rings (SSSR count). The number of carbonyl (C=O) groups excluding carboxylic acids is 4. The fraction of sp³-hybridized carbons (Fsp3) is 0.206. The van der Waals surface area contributed by atoms with Crippen LogP contribution in [0.25, 0.3) is 6.08 Å². The molecule has 1 aliphatic carbocycles. The summed E-state index contributed by atoms with van der Waals surface area (Å²) < 4.78 is 15.0. The molecule has 1 aliphatic rings. The number of aromatic carboxylic acids is 2. The lowest BCUT2D eigenvalue weighted by molar-refractivity contribution is -0.196. The van der Waals surface area contributed by atoms with E-state index in [9.17, 15) is 69.3 Å². The van der Waals surface area contributed by atoms with Gasteiger partial charge in [0.15, 0.2) is 22.9 Å². The van der Waals surface area contributed by atoms with Crippen molar-refractivity contribution in [3.05, 3.63) is 99.6 Å². The minimum Gasteiger partial charge on any atom is -0.504 e. The fourth-order valence-corrected chi connectivity index (χ4v) is 5.18. The van der Waals surface area contributed by atoms with Gasteiger partial charge in [0.25, 0.3) is 0 Å². The Kier molecular flexibility index (Phi) is 10.9. The van der Waals surface area contributed by atoms with E-state index in [0.717, 1.165) is 67.8 Å². The normalized spacial score (nSPS) is 19.9. The molecule has 1 fully saturated rings. The van der Waals surface area contributed by atoms with E-state index < -0.39 is 112 Å². The first-order valence-electron chi connectivity index (χ1n) is 14.6. The van der Waals surface area contributed by atoms with Gasteiger partial charge in [-0.05, 0) is 48.0 Å². The van der Waals surface area contributed by atoms with Crippen molar-refractivity contribution < 1.29 is 83.5 Å². The number of aromatic hydroxyl groups is 2. The lowest BCUT2D eigenvalue weighted by atomic mass is 9.79. The topological polar surface area (TPSA) is 289 Å². The molecule has 7 N–H and O–H groups in total. The predicted molar refractivity (Wildman–Crippen MR) is 167 cm³/mol. The van der Waals surface area contributed by atoms with Crippen LogP contribution in [0.15, 0.2) is 60.7 Å². The van der Waals surface area contributed by atoms with E-state index in [1.807, 2.05) is 0 Å². The highest BCUT2D eigenvalue weighted by Crippen LogP contribution is 2.34. The lowest BCUT2D eigenvalue weighted by Crippen LogP contribution is -2.58. The van der Waals surface area contributed by atoms with Crippen LogP contribution in [0.3, 0.4) is 0 Å². The van der Waals surface area contributed by atoms with Crippen LogP contribution in [-0.4, -0.2) is 108 Å². The third-order valence-electron chi connectivity index (χ3n) is 7.82. The maximum Gasteiger partial charge on any atom is 0.339 e. The van der Waals surface area contributed by atoms with Crippen LogP contribution in [0.4, 0.5) is 0 Å². The third-order valence-corrected chi connectivity index (χ3v) is 7.82. The Bertz CT molecular complexity index is 1980. The molecule has 0 spiro atoms. The molecule has 0 radical (unpaired) electrons. The van der Waals surface area contributed by atoms with Gasteiger partial charge >= 0.3 is 35.8 Å². The van der Waals surface area contributed by atoms with Crippen LogP contribution >= 0.6 is 0 Å². The molecule has 0 saturated heterocycles. The lowest BCUT2D eigenvalue weighted by Gasteiger charge is -2.40. The number of ketones is 1. The molecule has 266 valence electrons. The smallest absolute Gasteiger partial charge is 0.339 e. The Labute approximate surface area is 286 Å². The van der Waals surface area contributed by atoms with Gasteiger partial charge in [-0.2, -0.15) is 0 Å².